The summed E-state index contributed by atoms with van der Waals surface area (Å²) in [5.74, 6) is -0.0277. The highest BCUT2D eigenvalue weighted by Crippen LogP contribution is 2.35. The molecule has 3 amide bonds. The normalized spacial score (nSPS) is 13.6. The van der Waals surface area contributed by atoms with Crippen molar-refractivity contribution in [1.29, 1.82) is 10.5 Å². The SMILES string of the molecule is CC(NC(=O)CN1Sc2cc(C#N)ccc2NC1=O)c1ncc(C#N)cn1. The number of aromatic nitrogens is 2. The average Bonchev–Trinajstić information content (AvgIpc) is 2.68. The molecule has 0 bridgehead atoms. The number of rotatable bonds is 4. The van der Waals surface area contributed by atoms with Crippen molar-refractivity contribution in [2.24, 2.45) is 0 Å². The molecule has 1 aliphatic rings. The summed E-state index contributed by atoms with van der Waals surface area (Å²) in [5, 5.41) is 23.1. The summed E-state index contributed by atoms with van der Waals surface area (Å²) in [6.07, 6.45) is 2.76. The van der Waals surface area contributed by atoms with Crippen LogP contribution in [0.5, 0.6) is 0 Å². The number of nitrogens with one attached hydrogen (secondary N) is 2. The van der Waals surface area contributed by atoms with Crippen LogP contribution in [0, 0.1) is 22.7 Å². The van der Waals surface area contributed by atoms with E-state index in [0.29, 0.717) is 27.5 Å². The lowest BCUT2D eigenvalue weighted by molar-refractivity contribution is -0.121. The topological polar surface area (TPSA) is 135 Å². The number of nitrogens with zero attached hydrogens (tertiary/aromatic N) is 5. The zero-order valence-corrected chi connectivity index (χ0v) is 14.9. The molecule has 27 heavy (non-hydrogen) atoms. The minimum atomic E-state index is -0.486. The Bertz CT molecular complexity index is 978. The monoisotopic (exact) mass is 379 g/mol. The summed E-state index contributed by atoms with van der Waals surface area (Å²) in [4.78, 5) is 33.2. The maximum absolute atomic E-state index is 12.3. The Balaban J connectivity index is 1.64. The van der Waals surface area contributed by atoms with Gasteiger partial charge in [0.2, 0.25) is 5.91 Å². The summed E-state index contributed by atoms with van der Waals surface area (Å²) in [6, 6.07) is 7.97. The van der Waals surface area contributed by atoms with Gasteiger partial charge in [0, 0.05) is 12.4 Å². The molecule has 0 fully saturated rings. The predicted molar refractivity (Wildman–Crippen MR) is 96.0 cm³/mol. The summed E-state index contributed by atoms with van der Waals surface area (Å²) >= 11 is 1.09. The maximum atomic E-state index is 12.3. The molecule has 9 nitrogen and oxygen atoms in total. The van der Waals surface area contributed by atoms with E-state index in [-0.39, 0.29) is 6.54 Å². The second-order valence-electron chi connectivity index (χ2n) is 5.61. The van der Waals surface area contributed by atoms with Crippen molar-refractivity contribution in [1.82, 2.24) is 19.6 Å². The van der Waals surface area contributed by atoms with E-state index in [1.807, 2.05) is 12.1 Å². The molecule has 134 valence electrons. The van der Waals surface area contributed by atoms with Crippen LogP contribution in [0.1, 0.15) is 29.9 Å². The van der Waals surface area contributed by atoms with Crippen LogP contribution >= 0.6 is 11.9 Å². The number of anilines is 1. The van der Waals surface area contributed by atoms with Crippen LogP contribution in [-0.4, -0.2) is 32.8 Å². The van der Waals surface area contributed by atoms with Crippen molar-refractivity contribution >= 4 is 29.6 Å². The van der Waals surface area contributed by atoms with E-state index < -0.39 is 18.0 Å². The Hall–Kier alpha value is -3.63. The zero-order valence-electron chi connectivity index (χ0n) is 14.1. The van der Waals surface area contributed by atoms with Crippen LogP contribution in [0.3, 0.4) is 0 Å². The first-order chi connectivity index (χ1) is 13.0. The van der Waals surface area contributed by atoms with Gasteiger partial charge in [-0.05, 0) is 37.1 Å². The number of hydrogen-bond donors (Lipinski definition) is 2. The molecule has 10 heteroatoms. The summed E-state index contributed by atoms with van der Waals surface area (Å²) in [7, 11) is 0. The molecule has 0 saturated carbocycles. The van der Waals surface area contributed by atoms with E-state index in [2.05, 4.69) is 20.6 Å². The van der Waals surface area contributed by atoms with Crippen LogP contribution in [0.15, 0.2) is 35.5 Å². The molecule has 0 radical (unpaired) electrons. The van der Waals surface area contributed by atoms with Gasteiger partial charge in [0.25, 0.3) is 0 Å². The van der Waals surface area contributed by atoms with E-state index in [0.717, 1.165) is 11.9 Å². The van der Waals surface area contributed by atoms with Crippen LogP contribution in [-0.2, 0) is 4.79 Å². The van der Waals surface area contributed by atoms with Crippen molar-refractivity contribution in [3.63, 3.8) is 0 Å². The molecule has 1 aliphatic heterocycles. The summed E-state index contributed by atoms with van der Waals surface area (Å²) in [5.41, 5.74) is 1.39. The Morgan fingerprint density at radius 3 is 2.67 bits per heavy atom. The smallest absolute Gasteiger partial charge is 0.332 e. The highest BCUT2D eigenvalue weighted by atomic mass is 32.2. The van der Waals surface area contributed by atoms with Gasteiger partial charge >= 0.3 is 6.03 Å². The lowest BCUT2D eigenvalue weighted by Gasteiger charge is -2.27. The number of hydrogen-bond acceptors (Lipinski definition) is 7. The Morgan fingerprint density at radius 1 is 1.30 bits per heavy atom. The molecule has 0 saturated heterocycles. The minimum Gasteiger partial charge on any atom is -0.345 e. The third-order valence-electron chi connectivity index (χ3n) is 3.64. The van der Waals surface area contributed by atoms with Gasteiger partial charge in [-0.25, -0.2) is 14.8 Å². The zero-order chi connectivity index (χ0) is 19.4. The van der Waals surface area contributed by atoms with Gasteiger partial charge in [0.1, 0.15) is 18.4 Å². The van der Waals surface area contributed by atoms with Gasteiger partial charge < -0.3 is 10.6 Å². The van der Waals surface area contributed by atoms with Crippen LogP contribution in [0.25, 0.3) is 0 Å². The standard InChI is InChI=1S/C17H13N7O2S/c1-10(16-20-7-12(6-19)8-21-16)22-15(25)9-24-17(26)23-13-3-2-11(5-18)4-14(13)27-24/h2-4,7-8,10H,9H2,1H3,(H,22,25)(H,23,26). The molecule has 0 aliphatic carbocycles. The number of carbonyl (C=O) groups excluding carboxylic acids is 2. The van der Waals surface area contributed by atoms with E-state index in [1.165, 1.54) is 16.7 Å². The molecule has 2 aromatic rings. The van der Waals surface area contributed by atoms with Gasteiger partial charge in [-0.15, -0.1) is 0 Å². The van der Waals surface area contributed by atoms with Gasteiger partial charge in [-0.3, -0.25) is 9.10 Å². The third kappa shape index (κ3) is 4.14. The van der Waals surface area contributed by atoms with Gasteiger partial charge in [-0.1, -0.05) is 0 Å². The van der Waals surface area contributed by atoms with Crippen molar-refractivity contribution in [2.45, 2.75) is 17.9 Å². The summed E-state index contributed by atoms with van der Waals surface area (Å²) in [6.45, 7) is 1.52. The highest BCUT2D eigenvalue weighted by Gasteiger charge is 2.26. The average molecular weight is 379 g/mol. The predicted octanol–water partition coefficient (Wildman–Crippen LogP) is 1.95. The minimum absolute atomic E-state index is 0.187. The van der Waals surface area contributed by atoms with Gasteiger partial charge in [0.05, 0.1) is 33.8 Å². The van der Waals surface area contributed by atoms with Crippen LogP contribution in [0.2, 0.25) is 0 Å². The largest absolute Gasteiger partial charge is 0.345 e. The first-order valence-electron chi connectivity index (χ1n) is 7.82. The number of benzene rings is 1. The molecule has 1 unspecified atom stereocenters. The van der Waals surface area contributed by atoms with Gasteiger partial charge in [-0.2, -0.15) is 10.5 Å². The second-order valence-corrected chi connectivity index (χ2v) is 6.67. The van der Waals surface area contributed by atoms with Crippen LogP contribution in [0.4, 0.5) is 10.5 Å². The Labute approximate surface area is 159 Å². The lowest BCUT2D eigenvalue weighted by atomic mass is 10.2. The Kier molecular flexibility index (Phi) is 5.20. The summed E-state index contributed by atoms with van der Waals surface area (Å²) < 4.78 is 1.27. The molecular formula is C17H13N7O2S. The first kappa shape index (κ1) is 18.2. The number of fused-ring (bicyclic) bond motifs is 1. The molecular weight excluding hydrogens is 366 g/mol. The van der Waals surface area contributed by atoms with Crippen molar-refractivity contribution in [3.8, 4) is 12.1 Å². The van der Waals surface area contributed by atoms with E-state index >= 15 is 0 Å². The van der Waals surface area contributed by atoms with E-state index in [9.17, 15) is 9.59 Å². The fraction of sp³-hybridized carbons (Fsp3) is 0.176. The van der Waals surface area contributed by atoms with Crippen LogP contribution < -0.4 is 10.6 Å². The molecule has 0 spiro atoms. The molecule has 1 aromatic carbocycles. The molecule has 1 aromatic heterocycles. The molecule has 3 rings (SSSR count). The number of nitriles is 2. The highest BCUT2D eigenvalue weighted by molar-refractivity contribution is 7.97. The second kappa shape index (κ2) is 7.72. The van der Waals surface area contributed by atoms with Gasteiger partial charge in [0.15, 0.2) is 0 Å². The number of urea groups is 1. The molecule has 2 N–H and O–H groups in total. The quantitative estimate of drug-likeness (QED) is 0.775. The van der Waals surface area contributed by atoms with Crippen molar-refractivity contribution in [3.05, 3.63) is 47.5 Å². The first-order valence-corrected chi connectivity index (χ1v) is 8.59. The van der Waals surface area contributed by atoms with Crippen molar-refractivity contribution < 1.29 is 9.59 Å². The Morgan fingerprint density at radius 2 is 2.00 bits per heavy atom. The third-order valence-corrected chi connectivity index (χ3v) is 4.69. The fourth-order valence-corrected chi connectivity index (χ4v) is 3.26. The lowest BCUT2D eigenvalue weighted by Crippen LogP contribution is -2.41. The van der Waals surface area contributed by atoms with E-state index in [4.69, 9.17) is 10.5 Å². The maximum Gasteiger partial charge on any atom is 0.332 e. The number of carbonyl (C=O) groups is 2. The molecule has 1 atom stereocenters. The number of amides is 3. The fourth-order valence-electron chi connectivity index (χ4n) is 2.31. The van der Waals surface area contributed by atoms with E-state index in [1.54, 1.807) is 25.1 Å². The van der Waals surface area contributed by atoms with Crippen molar-refractivity contribution in [2.75, 3.05) is 11.9 Å². The molecule has 2 heterocycles.